The lowest BCUT2D eigenvalue weighted by atomic mass is 9.79. The van der Waals surface area contributed by atoms with Gasteiger partial charge in [0.2, 0.25) is 0 Å². The van der Waals surface area contributed by atoms with Crippen molar-refractivity contribution in [3.05, 3.63) is 320 Å². The minimum Gasteiger partial charge on any atom is -0.455 e. The molecule has 2 heterocycles. The van der Waals surface area contributed by atoms with E-state index in [2.05, 4.69) is 34.1 Å². The Labute approximate surface area is 532 Å². The smallest absolute Gasteiger partial charge is 0.455 e. The van der Waals surface area contributed by atoms with E-state index >= 15 is 0 Å². The molecular formula is C80H54BBrO4. The normalized spacial score (nSPS) is 14.1. The molecule has 86 heavy (non-hydrogen) atoms. The Balaban J connectivity index is 0.000000148. The van der Waals surface area contributed by atoms with Crippen molar-refractivity contribution in [1.29, 1.82) is 0 Å². The highest BCUT2D eigenvalue weighted by Crippen LogP contribution is 2.47. The zero-order valence-corrected chi connectivity index (χ0v) is 46.9. The van der Waals surface area contributed by atoms with Crippen molar-refractivity contribution in [3.8, 4) is 78.1 Å². The molecule has 6 heteroatoms. The van der Waals surface area contributed by atoms with Crippen molar-refractivity contribution >= 4 is 93.5 Å². The van der Waals surface area contributed by atoms with Gasteiger partial charge < -0.3 is 18.9 Å². The minimum absolute atomic E-state index is 0.0227. The standard InChI is InChI=1S/C40H26O.C26H19BO2.C14H9BrO/c1-3-13-27(14-4-1)37-31-17-7-9-19-33(31)38(34-20-10-8-18-32(34)37)29-23-25-30(26-24-29)40-39(28-15-5-2-6-16-28)35-21-11-12-22-36(35)41-40;28-27(29)20-16-14-19(15-17-20)26-23-12-6-4-10-21(23)25(18-8-2-1-3-9-18)22-11-5-7-13-24(22)26;15-14-13(10-6-2-1-3-7-10)11-8-4-5-9-12(11)16-14/h1-26H;1-17,28-29H;1-9H/i1D,3D,4D,7D,9D,13D,14D,17D,19D;1D,2D,3D,4D,6D,8D,9D,10D,12D;. The number of rotatable bonds is 8. The summed E-state index contributed by atoms with van der Waals surface area (Å²) in [5, 5.41) is 23.7. The van der Waals surface area contributed by atoms with Gasteiger partial charge in [-0.1, -0.05) is 303 Å². The molecule has 0 aliphatic rings. The van der Waals surface area contributed by atoms with Crippen LogP contribution in [0, 0.1) is 0 Å². The summed E-state index contributed by atoms with van der Waals surface area (Å²) in [5.74, 6) is 0.692. The van der Waals surface area contributed by atoms with Gasteiger partial charge in [-0.05, 0) is 132 Å². The first-order chi connectivity index (χ1) is 49.9. The topological polar surface area (TPSA) is 66.7 Å². The molecule has 0 saturated carbocycles. The highest BCUT2D eigenvalue weighted by Gasteiger charge is 2.21. The summed E-state index contributed by atoms with van der Waals surface area (Å²) in [5.41, 5.74) is 9.15. The van der Waals surface area contributed by atoms with Crippen LogP contribution in [0.15, 0.2) is 329 Å². The molecule has 0 amide bonds. The molecule has 0 aliphatic carbocycles. The Morgan fingerprint density at radius 1 is 0.267 bits per heavy atom. The van der Waals surface area contributed by atoms with E-state index in [9.17, 15) is 10.0 Å². The van der Waals surface area contributed by atoms with E-state index < -0.39 is 97.8 Å². The number of para-hydroxylation sites is 2. The summed E-state index contributed by atoms with van der Waals surface area (Å²) in [6, 6.07) is 55.6. The number of furan rings is 2. The van der Waals surface area contributed by atoms with Crippen LogP contribution in [0.1, 0.15) is 24.7 Å². The highest BCUT2D eigenvalue weighted by atomic mass is 79.9. The molecule has 14 aromatic carbocycles. The second-order valence-electron chi connectivity index (χ2n) is 19.9. The van der Waals surface area contributed by atoms with Gasteiger partial charge in [-0.15, -0.1) is 0 Å². The maximum Gasteiger partial charge on any atom is 0.488 e. The fourth-order valence-electron chi connectivity index (χ4n) is 11.3. The Kier molecular flexibility index (Phi) is 10.2. The molecule has 0 saturated heterocycles. The second-order valence-corrected chi connectivity index (χ2v) is 20.7. The second kappa shape index (κ2) is 23.7. The van der Waals surface area contributed by atoms with E-state index in [1.807, 2.05) is 127 Å². The maximum atomic E-state index is 9.53. The molecule has 0 atom stereocenters. The van der Waals surface area contributed by atoms with Gasteiger partial charge in [0.1, 0.15) is 16.9 Å². The average molecular weight is 1190 g/mol. The molecule has 16 rings (SSSR count). The fraction of sp³-hybridized carbons (Fsp3) is 0. The molecule has 0 bridgehead atoms. The van der Waals surface area contributed by atoms with E-state index in [4.69, 9.17) is 33.5 Å². The third-order valence-corrected chi connectivity index (χ3v) is 15.6. The molecule has 0 aliphatic heterocycles. The summed E-state index contributed by atoms with van der Waals surface area (Å²) in [6.45, 7) is 0. The monoisotopic (exact) mass is 1190 g/mol. The number of halogens is 1. The van der Waals surface area contributed by atoms with Crippen molar-refractivity contribution in [1.82, 2.24) is 0 Å². The summed E-state index contributed by atoms with van der Waals surface area (Å²) < 4.78 is 167. The van der Waals surface area contributed by atoms with Crippen LogP contribution in [0.5, 0.6) is 0 Å². The zero-order valence-electron chi connectivity index (χ0n) is 63.3. The Morgan fingerprint density at radius 2 is 0.581 bits per heavy atom. The molecule has 2 N–H and O–H groups in total. The van der Waals surface area contributed by atoms with E-state index in [1.165, 1.54) is 17.7 Å². The van der Waals surface area contributed by atoms with Gasteiger partial charge in [0.15, 0.2) is 4.67 Å². The SMILES string of the molecule is Brc1oc2ccccc2c1-c1ccccc1.[2H]c1c([2H])c([2H])c(-c2c3ccccc3c(-c3ccc(-c4oc5ccccc5c4-c4ccccc4)cc3)c3c([2H])c([2H])c([2H])c([2H])c23)c([2H])c1[2H].[2H]c1c([2H])c([2H])c(-c2c3ccccc3c(-c3ccc(B(O)O)cc3)c3c([2H])c([2H])c([2H])c([2H])c23)c([2H])c1[2H]. The molecule has 0 unspecified atom stereocenters. The van der Waals surface area contributed by atoms with E-state index in [0.29, 0.717) is 49.6 Å². The molecule has 408 valence electrons. The first-order valence-electron chi connectivity index (χ1n) is 36.3. The number of hydrogen-bond acceptors (Lipinski definition) is 4. The van der Waals surface area contributed by atoms with Crippen LogP contribution in [0.4, 0.5) is 0 Å². The number of fused-ring (bicyclic) bond motifs is 6. The third kappa shape index (κ3) is 10.2. The first kappa shape index (κ1) is 37.1. The quantitative estimate of drug-likeness (QED) is 0.118. The molecular weight excluding hydrogens is 1120 g/mol. The van der Waals surface area contributed by atoms with E-state index in [0.717, 1.165) is 48.9 Å². The Hall–Kier alpha value is -10.3. The third-order valence-electron chi connectivity index (χ3n) is 15.0. The van der Waals surface area contributed by atoms with Crippen molar-refractivity contribution < 1.29 is 43.6 Å². The first-order valence-corrected chi connectivity index (χ1v) is 28.1. The van der Waals surface area contributed by atoms with Crippen LogP contribution in [0.3, 0.4) is 0 Å². The average Bonchev–Trinajstić information content (AvgIpc) is 0.947. The molecule has 0 fully saturated rings. The van der Waals surface area contributed by atoms with Gasteiger partial charge in [-0.2, -0.15) is 0 Å². The summed E-state index contributed by atoms with van der Waals surface area (Å²) >= 11 is 3.48. The largest absolute Gasteiger partial charge is 0.488 e. The van der Waals surface area contributed by atoms with Gasteiger partial charge in [0.05, 0.1) is 24.7 Å². The summed E-state index contributed by atoms with van der Waals surface area (Å²) in [6.07, 6.45) is 0. The Morgan fingerprint density at radius 3 is 1.01 bits per heavy atom. The van der Waals surface area contributed by atoms with Crippen LogP contribution in [0.25, 0.3) is 143 Å². The van der Waals surface area contributed by atoms with Crippen LogP contribution in [0.2, 0.25) is 0 Å². The summed E-state index contributed by atoms with van der Waals surface area (Å²) in [7, 11) is -1.69. The van der Waals surface area contributed by atoms with Gasteiger partial charge >= 0.3 is 7.12 Å². The number of benzene rings is 14. The highest BCUT2D eigenvalue weighted by molar-refractivity contribution is 9.10. The Bertz CT molecular complexity index is 6140. The lowest BCUT2D eigenvalue weighted by molar-refractivity contribution is 0.426. The predicted octanol–water partition coefficient (Wildman–Crippen LogP) is 21.3. The van der Waals surface area contributed by atoms with Crippen LogP contribution in [-0.4, -0.2) is 17.2 Å². The van der Waals surface area contributed by atoms with E-state index in [-0.39, 0.29) is 67.4 Å². The number of hydrogen-bond donors (Lipinski definition) is 2. The molecule has 2 aromatic heterocycles. The van der Waals surface area contributed by atoms with Gasteiger partial charge in [-0.3, -0.25) is 0 Å². The van der Waals surface area contributed by atoms with Gasteiger partial charge in [0.25, 0.3) is 0 Å². The molecule has 16 aromatic rings. The van der Waals surface area contributed by atoms with Gasteiger partial charge in [0, 0.05) is 27.5 Å². The molecule has 0 radical (unpaired) electrons. The minimum atomic E-state index is -1.69. The van der Waals surface area contributed by atoms with Crippen LogP contribution >= 0.6 is 15.9 Å². The van der Waals surface area contributed by atoms with Gasteiger partial charge in [-0.25, -0.2) is 0 Å². The lowest BCUT2D eigenvalue weighted by Crippen LogP contribution is -2.29. The van der Waals surface area contributed by atoms with Crippen LogP contribution < -0.4 is 5.46 Å². The zero-order chi connectivity index (χ0) is 73.6. The summed E-state index contributed by atoms with van der Waals surface area (Å²) in [4.78, 5) is 0. The fourth-order valence-corrected chi connectivity index (χ4v) is 11.9. The van der Waals surface area contributed by atoms with E-state index in [1.54, 1.807) is 48.5 Å². The molecule has 4 nitrogen and oxygen atoms in total. The maximum absolute atomic E-state index is 9.53. The van der Waals surface area contributed by atoms with Crippen molar-refractivity contribution in [2.24, 2.45) is 0 Å². The lowest BCUT2D eigenvalue weighted by Gasteiger charge is -2.17. The van der Waals surface area contributed by atoms with Crippen LogP contribution in [-0.2, 0) is 0 Å². The molecule has 0 spiro atoms. The predicted molar refractivity (Wildman–Crippen MR) is 364 cm³/mol. The van der Waals surface area contributed by atoms with Crippen molar-refractivity contribution in [2.45, 2.75) is 0 Å². The van der Waals surface area contributed by atoms with Crippen molar-refractivity contribution in [2.75, 3.05) is 0 Å². The van der Waals surface area contributed by atoms with Crippen molar-refractivity contribution in [3.63, 3.8) is 0 Å².